The van der Waals surface area contributed by atoms with Crippen LogP contribution in [-0.2, 0) is 4.79 Å². The van der Waals surface area contributed by atoms with Crippen molar-refractivity contribution in [1.82, 2.24) is 0 Å². The van der Waals surface area contributed by atoms with Gasteiger partial charge < -0.3 is 16.2 Å². The van der Waals surface area contributed by atoms with Crippen molar-refractivity contribution in [3.63, 3.8) is 0 Å². The van der Waals surface area contributed by atoms with Gasteiger partial charge in [0.05, 0.1) is 16.8 Å². The Morgan fingerprint density at radius 3 is 2.28 bits per heavy atom. The minimum Gasteiger partial charge on any atom is -0.478 e. The highest BCUT2D eigenvalue weighted by Crippen LogP contribution is 2.20. The number of nitrogens with one attached hydrogen (secondary N) is 1. The first kappa shape index (κ1) is 14.0. The van der Waals surface area contributed by atoms with Crippen LogP contribution < -0.4 is 11.1 Å². The molecule has 98 valence electrons. The number of rotatable bonds is 3. The topological polar surface area (TPSA) is 92.4 Å². The lowest BCUT2D eigenvalue weighted by Crippen LogP contribution is -2.45. The summed E-state index contributed by atoms with van der Waals surface area (Å²) in [4.78, 5) is 22.2. The number of carboxylic acids is 1. The molecule has 0 heterocycles. The zero-order chi connectivity index (χ0) is 14.1. The number of hydrogen-bond donors (Lipinski definition) is 3. The Morgan fingerprint density at radius 2 is 1.83 bits per heavy atom. The second kappa shape index (κ2) is 4.69. The quantitative estimate of drug-likeness (QED) is 0.762. The Hall–Kier alpha value is -2.02. The first-order valence-electron chi connectivity index (χ1n) is 4.95. The largest absolute Gasteiger partial charge is 0.478 e. The molecule has 0 fully saturated rings. The normalized spacial score (nSPS) is 11.2. The van der Waals surface area contributed by atoms with Gasteiger partial charge in [-0.25, -0.2) is 13.6 Å². The van der Waals surface area contributed by atoms with E-state index in [0.29, 0.717) is 12.1 Å². The summed E-state index contributed by atoms with van der Waals surface area (Å²) in [7, 11) is 0. The molecule has 0 unspecified atom stereocenters. The molecule has 0 spiro atoms. The van der Waals surface area contributed by atoms with E-state index in [1.807, 2.05) is 0 Å². The monoisotopic (exact) mass is 258 g/mol. The van der Waals surface area contributed by atoms with E-state index in [4.69, 9.17) is 10.8 Å². The van der Waals surface area contributed by atoms with Crippen molar-refractivity contribution in [1.29, 1.82) is 0 Å². The number of amides is 1. The number of halogens is 2. The molecule has 18 heavy (non-hydrogen) atoms. The Morgan fingerprint density at radius 1 is 1.28 bits per heavy atom. The fourth-order valence-corrected chi connectivity index (χ4v) is 1.09. The molecule has 1 aromatic rings. The molecule has 7 heteroatoms. The lowest BCUT2D eigenvalue weighted by atomic mass is 10.1. The van der Waals surface area contributed by atoms with Crippen LogP contribution in [-0.4, -0.2) is 22.5 Å². The van der Waals surface area contributed by atoms with Crippen LogP contribution in [0.1, 0.15) is 24.2 Å². The highest BCUT2D eigenvalue weighted by Gasteiger charge is 2.24. The molecule has 0 aliphatic heterocycles. The molecule has 0 aromatic heterocycles. The van der Waals surface area contributed by atoms with Crippen LogP contribution in [0.15, 0.2) is 12.1 Å². The number of hydrogen-bond acceptors (Lipinski definition) is 3. The zero-order valence-electron chi connectivity index (χ0n) is 9.75. The van der Waals surface area contributed by atoms with Crippen molar-refractivity contribution in [2.24, 2.45) is 5.73 Å². The van der Waals surface area contributed by atoms with Gasteiger partial charge in [0.1, 0.15) is 11.6 Å². The fourth-order valence-electron chi connectivity index (χ4n) is 1.09. The minimum absolute atomic E-state index is 0.391. The van der Waals surface area contributed by atoms with E-state index in [2.05, 4.69) is 5.32 Å². The molecule has 5 nitrogen and oxygen atoms in total. The third-order valence-electron chi connectivity index (χ3n) is 2.12. The molecule has 4 N–H and O–H groups in total. The zero-order valence-corrected chi connectivity index (χ0v) is 9.75. The summed E-state index contributed by atoms with van der Waals surface area (Å²) in [5.41, 5.74) is 3.04. The highest BCUT2D eigenvalue weighted by molar-refractivity contribution is 5.98. The molecular formula is C11H12F2N2O3. The number of anilines is 1. The van der Waals surface area contributed by atoms with Gasteiger partial charge in [0, 0.05) is 6.07 Å². The third-order valence-corrected chi connectivity index (χ3v) is 2.12. The molecule has 0 saturated carbocycles. The number of benzene rings is 1. The van der Waals surface area contributed by atoms with E-state index in [1.165, 1.54) is 13.8 Å². The van der Waals surface area contributed by atoms with Crippen LogP contribution in [0.3, 0.4) is 0 Å². The smallest absolute Gasteiger partial charge is 0.338 e. The van der Waals surface area contributed by atoms with Crippen molar-refractivity contribution in [2.45, 2.75) is 19.4 Å². The molecule has 0 saturated heterocycles. The van der Waals surface area contributed by atoms with Gasteiger partial charge >= 0.3 is 5.97 Å². The molecule has 0 aliphatic carbocycles. The third kappa shape index (κ3) is 3.01. The summed E-state index contributed by atoms with van der Waals surface area (Å²) in [6, 6.07) is 1.10. The van der Waals surface area contributed by atoms with Gasteiger partial charge in [-0.05, 0) is 19.9 Å². The Kier molecular flexibility index (Phi) is 3.66. The maximum absolute atomic E-state index is 13.4. The SMILES string of the molecule is CC(C)(N)C(=O)Nc1cc(C(=O)O)c(F)cc1F. The summed E-state index contributed by atoms with van der Waals surface area (Å²) in [6.45, 7) is 2.78. The van der Waals surface area contributed by atoms with E-state index in [9.17, 15) is 18.4 Å². The fraction of sp³-hybridized carbons (Fsp3) is 0.273. The van der Waals surface area contributed by atoms with Crippen molar-refractivity contribution in [3.8, 4) is 0 Å². The van der Waals surface area contributed by atoms with Crippen molar-refractivity contribution in [3.05, 3.63) is 29.3 Å². The molecule has 0 atom stereocenters. The average molecular weight is 258 g/mol. The van der Waals surface area contributed by atoms with E-state index in [0.717, 1.165) is 0 Å². The number of nitrogens with two attached hydrogens (primary N) is 1. The van der Waals surface area contributed by atoms with Crippen LogP contribution in [0.25, 0.3) is 0 Å². The van der Waals surface area contributed by atoms with Crippen LogP contribution in [0.2, 0.25) is 0 Å². The first-order valence-corrected chi connectivity index (χ1v) is 4.95. The van der Waals surface area contributed by atoms with Gasteiger partial charge in [-0.15, -0.1) is 0 Å². The van der Waals surface area contributed by atoms with Crippen LogP contribution in [0.5, 0.6) is 0 Å². The summed E-state index contributed by atoms with van der Waals surface area (Å²) in [5.74, 6) is -4.57. The molecule has 0 aliphatic rings. The van der Waals surface area contributed by atoms with Gasteiger partial charge in [0.15, 0.2) is 0 Å². The Balaban J connectivity index is 3.14. The van der Waals surface area contributed by atoms with E-state index < -0.39 is 40.3 Å². The van der Waals surface area contributed by atoms with E-state index in [-0.39, 0.29) is 0 Å². The number of aromatic carboxylic acids is 1. The summed E-state index contributed by atoms with van der Waals surface area (Å²) < 4.78 is 26.4. The highest BCUT2D eigenvalue weighted by atomic mass is 19.1. The van der Waals surface area contributed by atoms with Gasteiger partial charge in [-0.1, -0.05) is 0 Å². The Labute approximate surface area is 102 Å². The second-order valence-corrected chi connectivity index (χ2v) is 4.29. The first-order chi connectivity index (χ1) is 8.12. The maximum Gasteiger partial charge on any atom is 0.338 e. The number of carbonyl (C=O) groups is 2. The lowest BCUT2D eigenvalue weighted by Gasteiger charge is -2.18. The number of carbonyl (C=O) groups excluding carboxylic acids is 1. The predicted octanol–water partition coefficient (Wildman–Crippen LogP) is 1.34. The molecule has 0 bridgehead atoms. The van der Waals surface area contributed by atoms with Crippen LogP contribution in [0.4, 0.5) is 14.5 Å². The molecule has 1 aromatic carbocycles. The van der Waals surface area contributed by atoms with Gasteiger partial charge in [-0.3, -0.25) is 4.79 Å². The summed E-state index contributed by atoms with van der Waals surface area (Å²) in [5, 5.41) is 10.8. The molecule has 1 rings (SSSR count). The van der Waals surface area contributed by atoms with Crippen molar-refractivity contribution in [2.75, 3.05) is 5.32 Å². The number of carboxylic acid groups (broad SMARTS) is 1. The van der Waals surface area contributed by atoms with Gasteiger partial charge in [0.2, 0.25) is 5.91 Å². The molecule has 1 amide bonds. The standard InChI is InChI=1S/C11H12F2N2O3/c1-11(2,14)10(18)15-8-3-5(9(16)17)6(12)4-7(8)13/h3-4H,14H2,1-2H3,(H,15,18)(H,16,17). The molecular weight excluding hydrogens is 246 g/mol. The minimum atomic E-state index is -1.56. The average Bonchev–Trinajstić information content (AvgIpc) is 2.19. The Bertz CT molecular complexity index is 510. The van der Waals surface area contributed by atoms with Crippen molar-refractivity contribution >= 4 is 17.6 Å². The lowest BCUT2D eigenvalue weighted by molar-refractivity contribution is -0.120. The van der Waals surface area contributed by atoms with Crippen LogP contribution >= 0.6 is 0 Å². The predicted molar refractivity (Wildman–Crippen MR) is 60.2 cm³/mol. The summed E-state index contributed by atoms with van der Waals surface area (Å²) in [6.07, 6.45) is 0. The summed E-state index contributed by atoms with van der Waals surface area (Å²) >= 11 is 0. The van der Waals surface area contributed by atoms with Gasteiger partial charge in [-0.2, -0.15) is 0 Å². The van der Waals surface area contributed by atoms with Gasteiger partial charge in [0.25, 0.3) is 0 Å². The van der Waals surface area contributed by atoms with Crippen molar-refractivity contribution < 1.29 is 23.5 Å². The van der Waals surface area contributed by atoms with Crippen LogP contribution in [0, 0.1) is 11.6 Å². The molecule has 0 radical (unpaired) electrons. The van der Waals surface area contributed by atoms with E-state index in [1.54, 1.807) is 0 Å². The maximum atomic E-state index is 13.4. The van der Waals surface area contributed by atoms with E-state index >= 15 is 0 Å². The second-order valence-electron chi connectivity index (χ2n) is 4.29.